The van der Waals surface area contributed by atoms with Gasteiger partial charge in [-0.2, -0.15) is 0 Å². The van der Waals surface area contributed by atoms with Gasteiger partial charge in [-0.25, -0.2) is 0 Å². The van der Waals surface area contributed by atoms with E-state index in [1.165, 1.54) is 0 Å². The van der Waals surface area contributed by atoms with Crippen LogP contribution < -0.4 is 5.73 Å². The van der Waals surface area contributed by atoms with E-state index in [4.69, 9.17) is 10.5 Å². The van der Waals surface area contributed by atoms with E-state index in [2.05, 4.69) is 27.4 Å². The molecule has 3 heteroatoms. The molecule has 2 nitrogen and oxygen atoms in total. The van der Waals surface area contributed by atoms with Crippen molar-refractivity contribution < 1.29 is 4.74 Å². The van der Waals surface area contributed by atoms with Gasteiger partial charge in [-0.15, -0.1) is 19.0 Å². The minimum Gasteiger partial charge on any atom is -0.372 e. The lowest BCUT2D eigenvalue weighted by Gasteiger charge is -2.45. The molecule has 14 heavy (non-hydrogen) atoms. The molecule has 0 saturated heterocycles. The fraction of sp³-hybridized carbons (Fsp3) is 0.818. The van der Waals surface area contributed by atoms with E-state index in [1.807, 2.05) is 6.08 Å². The molecule has 1 fully saturated rings. The summed E-state index contributed by atoms with van der Waals surface area (Å²) in [5.41, 5.74) is 5.84. The van der Waals surface area contributed by atoms with Gasteiger partial charge in [0.05, 0.1) is 11.7 Å². The zero-order valence-corrected chi connectivity index (χ0v) is 10.1. The second-order valence-corrected chi connectivity index (χ2v) is 4.86. The Kier molecular flexibility index (Phi) is 5.13. The molecule has 0 radical (unpaired) electrons. The summed E-state index contributed by atoms with van der Waals surface area (Å²) in [5.74, 6) is 0.483. The highest BCUT2D eigenvalue weighted by Gasteiger charge is 2.40. The van der Waals surface area contributed by atoms with Crippen LogP contribution in [-0.2, 0) is 4.74 Å². The minimum absolute atomic E-state index is 0. The van der Waals surface area contributed by atoms with Crippen molar-refractivity contribution in [1.29, 1.82) is 0 Å². The van der Waals surface area contributed by atoms with Crippen LogP contribution in [0.2, 0.25) is 0 Å². The number of rotatable bonds is 3. The fourth-order valence-electron chi connectivity index (χ4n) is 1.81. The van der Waals surface area contributed by atoms with Crippen molar-refractivity contribution in [3.8, 4) is 0 Å². The van der Waals surface area contributed by atoms with E-state index >= 15 is 0 Å². The fourth-order valence-corrected chi connectivity index (χ4v) is 1.81. The van der Waals surface area contributed by atoms with Crippen molar-refractivity contribution in [1.82, 2.24) is 0 Å². The zero-order valence-electron chi connectivity index (χ0n) is 9.32. The van der Waals surface area contributed by atoms with E-state index < -0.39 is 0 Å². The van der Waals surface area contributed by atoms with Gasteiger partial charge in [0.15, 0.2) is 0 Å². The van der Waals surface area contributed by atoms with Crippen molar-refractivity contribution >= 4 is 12.4 Å². The SMILES string of the molecule is C=CCC1C(N)CC1OC(C)(C)C.Cl. The monoisotopic (exact) mass is 219 g/mol. The molecule has 0 amide bonds. The lowest BCUT2D eigenvalue weighted by molar-refractivity contribution is -0.131. The molecular weight excluding hydrogens is 198 g/mol. The topological polar surface area (TPSA) is 35.2 Å². The Hall–Kier alpha value is -0.0500. The smallest absolute Gasteiger partial charge is 0.0643 e. The maximum absolute atomic E-state index is 5.89. The summed E-state index contributed by atoms with van der Waals surface area (Å²) >= 11 is 0. The highest BCUT2D eigenvalue weighted by Crippen LogP contribution is 2.34. The molecule has 0 aromatic heterocycles. The predicted molar refractivity (Wildman–Crippen MR) is 62.8 cm³/mol. The summed E-state index contributed by atoms with van der Waals surface area (Å²) in [6, 6.07) is 0.311. The quantitative estimate of drug-likeness (QED) is 0.741. The normalized spacial score (nSPS) is 31.6. The molecule has 3 atom stereocenters. The molecule has 1 saturated carbocycles. The van der Waals surface area contributed by atoms with Gasteiger partial charge in [-0.1, -0.05) is 6.08 Å². The second-order valence-electron chi connectivity index (χ2n) is 4.86. The Morgan fingerprint density at radius 1 is 1.50 bits per heavy atom. The van der Waals surface area contributed by atoms with Gasteiger partial charge in [-0.3, -0.25) is 0 Å². The third-order valence-electron chi connectivity index (χ3n) is 2.48. The molecule has 0 bridgehead atoms. The van der Waals surface area contributed by atoms with Gasteiger partial charge >= 0.3 is 0 Å². The number of ether oxygens (including phenoxy) is 1. The molecule has 1 aliphatic carbocycles. The average molecular weight is 220 g/mol. The molecule has 0 heterocycles. The van der Waals surface area contributed by atoms with Crippen molar-refractivity contribution in [2.75, 3.05) is 0 Å². The Morgan fingerprint density at radius 3 is 2.43 bits per heavy atom. The summed E-state index contributed by atoms with van der Waals surface area (Å²) in [5, 5.41) is 0. The van der Waals surface area contributed by atoms with Gasteiger partial charge < -0.3 is 10.5 Å². The van der Waals surface area contributed by atoms with Crippen LogP contribution in [0.1, 0.15) is 33.6 Å². The maximum atomic E-state index is 5.89. The molecule has 0 aliphatic heterocycles. The highest BCUT2D eigenvalue weighted by atomic mass is 35.5. The van der Waals surface area contributed by atoms with Crippen LogP contribution in [0.5, 0.6) is 0 Å². The Bertz CT molecular complexity index is 188. The number of nitrogens with two attached hydrogens (primary N) is 1. The number of halogens is 1. The molecule has 0 spiro atoms. The van der Waals surface area contributed by atoms with E-state index in [-0.39, 0.29) is 18.0 Å². The molecule has 1 rings (SSSR count). The minimum atomic E-state index is -0.0514. The molecule has 1 aliphatic rings. The molecule has 0 aromatic rings. The van der Waals surface area contributed by atoms with Crippen LogP contribution >= 0.6 is 12.4 Å². The number of hydrogen-bond donors (Lipinski definition) is 1. The maximum Gasteiger partial charge on any atom is 0.0643 e. The van der Waals surface area contributed by atoms with Gasteiger partial charge in [-0.05, 0) is 33.6 Å². The van der Waals surface area contributed by atoms with Crippen molar-refractivity contribution in [3.63, 3.8) is 0 Å². The third kappa shape index (κ3) is 3.60. The standard InChI is InChI=1S/C11H21NO.ClH/c1-5-6-8-9(12)7-10(8)13-11(2,3)4;/h5,8-10H,1,6-7,12H2,2-4H3;1H. The van der Waals surface area contributed by atoms with Crippen LogP contribution in [0.15, 0.2) is 12.7 Å². The van der Waals surface area contributed by atoms with Crippen molar-refractivity contribution in [3.05, 3.63) is 12.7 Å². The van der Waals surface area contributed by atoms with Gasteiger partial charge in [0.1, 0.15) is 0 Å². The highest BCUT2D eigenvalue weighted by molar-refractivity contribution is 5.85. The average Bonchev–Trinajstić information content (AvgIpc) is 1.97. The Labute approximate surface area is 93.3 Å². The van der Waals surface area contributed by atoms with E-state index in [0.717, 1.165) is 12.8 Å². The number of allylic oxidation sites excluding steroid dienone is 1. The van der Waals surface area contributed by atoms with Gasteiger partial charge in [0, 0.05) is 12.0 Å². The van der Waals surface area contributed by atoms with Crippen molar-refractivity contribution in [2.45, 2.75) is 51.4 Å². The molecular formula is C11H22ClNO. The Balaban J connectivity index is 0.00000169. The first kappa shape index (κ1) is 13.9. The van der Waals surface area contributed by atoms with Crippen LogP contribution in [-0.4, -0.2) is 17.7 Å². The predicted octanol–water partition coefficient (Wildman–Crippen LogP) is 2.52. The number of hydrogen-bond acceptors (Lipinski definition) is 2. The summed E-state index contributed by atoms with van der Waals surface area (Å²) in [6.07, 6.45) is 4.24. The molecule has 3 unspecified atom stereocenters. The molecule has 2 N–H and O–H groups in total. The van der Waals surface area contributed by atoms with E-state index in [9.17, 15) is 0 Å². The molecule has 0 aromatic carbocycles. The molecule has 84 valence electrons. The first-order valence-corrected chi connectivity index (χ1v) is 4.98. The first-order chi connectivity index (χ1) is 5.94. The van der Waals surface area contributed by atoms with Crippen LogP contribution in [0.25, 0.3) is 0 Å². The van der Waals surface area contributed by atoms with Gasteiger partial charge in [0.2, 0.25) is 0 Å². The van der Waals surface area contributed by atoms with E-state index in [1.54, 1.807) is 0 Å². The van der Waals surface area contributed by atoms with E-state index in [0.29, 0.717) is 18.1 Å². The summed E-state index contributed by atoms with van der Waals surface area (Å²) in [6.45, 7) is 9.99. The first-order valence-electron chi connectivity index (χ1n) is 4.98. The summed E-state index contributed by atoms with van der Waals surface area (Å²) < 4.78 is 5.88. The Morgan fingerprint density at radius 2 is 2.07 bits per heavy atom. The van der Waals surface area contributed by atoms with Crippen LogP contribution in [0.4, 0.5) is 0 Å². The van der Waals surface area contributed by atoms with Crippen LogP contribution in [0.3, 0.4) is 0 Å². The largest absolute Gasteiger partial charge is 0.372 e. The zero-order chi connectivity index (χ0) is 10.1. The lowest BCUT2D eigenvalue weighted by atomic mass is 9.74. The summed E-state index contributed by atoms with van der Waals surface area (Å²) in [4.78, 5) is 0. The van der Waals surface area contributed by atoms with Crippen LogP contribution in [0, 0.1) is 5.92 Å². The van der Waals surface area contributed by atoms with Crippen molar-refractivity contribution in [2.24, 2.45) is 11.7 Å². The lowest BCUT2D eigenvalue weighted by Crippen LogP contribution is -2.54. The second kappa shape index (κ2) is 5.15. The third-order valence-corrected chi connectivity index (χ3v) is 2.48. The summed E-state index contributed by atoms with van der Waals surface area (Å²) in [7, 11) is 0. The van der Waals surface area contributed by atoms with Gasteiger partial charge in [0.25, 0.3) is 0 Å².